The third kappa shape index (κ3) is 5.57. The molecule has 6 rings (SSSR count). The van der Waals surface area contributed by atoms with Crippen LogP contribution in [-0.4, -0.2) is 64.1 Å². The summed E-state index contributed by atoms with van der Waals surface area (Å²) in [5.74, 6) is -2.75. The van der Waals surface area contributed by atoms with Gasteiger partial charge in [0.25, 0.3) is 5.91 Å². The van der Waals surface area contributed by atoms with Crippen molar-refractivity contribution in [1.82, 2.24) is 15.3 Å². The van der Waals surface area contributed by atoms with E-state index in [1.807, 2.05) is 0 Å². The van der Waals surface area contributed by atoms with Crippen LogP contribution in [0.15, 0.2) is 48.5 Å². The minimum absolute atomic E-state index is 0.0370. The van der Waals surface area contributed by atoms with E-state index >= 15 is 0 Å². The Morgan fingerprint density at radius 2 is 1.92 bits per heavy atom. The maximum absolute atomic E-state index is 14.9. The first-order valence-corrected chi connectivity index (χ1v) is 15.3. The smallest absolute Gasteiger partial charge is 0.424 e. The largest absolute Gasteiger partial charge is 0.489 e. The summed E-state index contributed by atoms with van der Waals surface area (Å²) >= 11 is 5.96. The number of anilines is 1. The predicted octanol–water partition coefficient (Wildman–Crippen LogP) is 4.63. The Labute approximate surface area is 276 Å². The van der Waals surface area contributed by atoms with Gasteiger partial charge in [-0.3, -0.25) is 14.6 Å². The number of pyridine rings is 2. The lowest BCUT2D eigenvalue weighted by Crippen LogP contribution is -2.51. The molecule has 10 nitrogen and oxygen atoms in total. The van der Waals surface area contributed by atoms with Crippen molar-refractivity contribution < 1.29 is 42.1 Å². The van der Waals surface area contributed by atoms with Crippen molar-refractivity contribution in [2.45, 2.75) is 50.1 Å². The fourth-order valence-electron chi connectivity index (χ4n) is 5.98. The molecule has 1 fully saturated rings. The number of nitrogens with zero attached hydrogens (tertiary/aromatic N) is 3. The lowest BCUT2D eigenvalue weighted by Gasteiger charge is -2.31. The highest BCUT2D eigenvalue weighted by atomic mass is 35.5. The highest BCUT2D eigenvalue weighted by Gasteiger charge is 2.57. The van der Waals surface area contributed by atoms with Crippen LogP contribution >= 0.6 is 11.6 Å². The summed E-state index contributed by atoms with van der Waals surface area (Å²) < 4.78 is 64.3. The Morgan fingerprint density at radius 1 is 1.17 bits per heavy atom. The number of halogens is 5. The summed E-state index contributed by atoms with van der Waals surface area (Å²) in [4.78, 5) is 36.3. The third-order valence-corrected chi connectivity index (χ3v) is 9.20. The van der Waals surface area contributed by atoms with E-state index in [1.54, 1.807) is 24.0 Å². The average molecular weight is 688 g/mol. The van der Waals surface area contributed by atoms with Gasteiger partial charge in [0.2, 0.25) is 11.5 Å². The minimum atomic E-state index is -5.41. The molecule has 1 saturated heterocycles. The molecular weight excluding hydrogens is 658 g/mol. The third-order valence-electron chi connectivity index (χ3n) is 8.91. The van der Waals surface area contributed by atoms with Crippen LogP contribution in [0.4, 0.5) is 23.2 Å². The summed E-state index contributed by atoms with van der Waals surface area (Å²) in [6.07, 6.45) is -5.07. The van der Waals surface area contributed by atoms with Crippen molar-refractivity contribution >= 4 is 40.0 Å². The lowest BCUT2D eigenvalue weighted by atomic mass is 9.81. The van der Waals surface area contributed by atoms with Crippen LogP contribution in [0.5, 0.6) is 5.75 Å². The predicted molar refractivity (Wildman–Crippen MR) is 168 cm³/mol. The second kappa shape index (κ2) is 11.9. The summed E-state index contributed by atoms with van der Waals surface area (Å²) in [6.45, 7) is 1.90. The van der Waals surface area contributed by atoms with Crippen molar-refractivity contribution in [3.8, 4) is 17.0 Å². The van der Waals surface area contributed by atoms with Gasteiger partial charge >= 0.3 is 6.18 Å². The number of fused-ring (bicyclic) bond motifs is 2. The molecule has 0 aliphatic carbocycles. The SMILES string of the molecule is Cc1ccc2cc(C(=O)NCC(O)(c3cc4c(c(-c5ccc(F)c(Cl)c5)n3)OC[C@]4(C)C(N)=O)C(F)(F)F)cc(N3CCCC3O)c2n1. The monoisotopic (exact) mass is 687 g/mol. The number of amides is 2. The summed E-state index contributed by atoms with van der Waals surface area (Å²) in [5.41, 5.74) is 0.541. The van der Waals surface area contributed by atoms with Crippen LogP contribution in [0.1, 0.15) is 47.1 Å². The zero-order chi connectivity index (χ0) is 34.8. The van der Waals surface area contributed by atoms with Crippen LogP contribution in [0, 0.1) is 12.7 Å². The van der Waals surface area contributed by atoms with Gasteiger partial charge in [0.15, 0.2) is 0 Å². The summed E-state index contributed by atoms with van der Waals surface area (Å²) in [5, 5.41) is 24.3. The number of carbonyl (C=O) groups is 2. The number of aliphatic hydroxyl groups is 2. The Kier molecular flexibility index (Phi) is 8.25. The Balaban J connectivity index is 1.42. The van der Waals surface area contributed by atoms with Gasteiger partial charge in [0, 0.05) is 34.3 Å². The minimum Gasteiger partial charge on any atom is -0.489 e. The van der Waals surface area contributed by atoms with Crippen LogP contribution in [0.25, 0.3) is 22.2 Å². The van der Waals surface area contributed by atoms with Gasteiger partial charge in [-0.1, -0.05) is 17.7 Å². The molecule has 2 aromatic carbocycles. The normalized spacial score (nSPS) is 20.4. The molecule has 0 saturated carbocycles. The van der Waals surface area contributed by atoms with Crippen molar-refractivity contribution in [2.75, 3.05) is 24.6 Å². The number of hydrogen-bond acceptors (Lipinski definition) is 8. The Morgan fingerprint density at radius 3 is 2.56 bits per heavy atom. The molecule has 2 aromatic heterocycles. The molecule has 0 radical (unpaired) electrons. The molecule has 2 amide bonds. The van der Waals surface area contributed by atoms with Gasteiger partial charge in [-0.25, -0.2) is 9.37 Å². The molecule has 0 spiro atoms. The number of benzene rings is 2. The molecule has 48 heavy (non-hydrogen) atoms. The van der Waals surface area contributed by atoms with E-state index in [-0.39, 0.29) is 39.8 Å². The van der Waals surface area contributed by atoms with Gasteiger partial charge in [-0.15, -0.1) is 0 Å². The number of alkyl halides is 3. The Bertz CT molecular complexity index is 1980. The van der Waals surface area contributed by atoms with Crippen LogP contribution < -0.4 is 20.7 Å². The number of nitrogens with two attached hydrogens (primary N) is 1. The lowest BCUT2D eigenvalue weighted by molar-refractivity contribution is -0.265. The highest BCUT2D eigenvalue weighted by molar-refractivity contribution is 6.31. The zero-order valence-corrected chi connectivity index (χ0v) is 26.4. The van der Waals surface area contributed by atoms with E-state index in [0.717, 1.165) is 18.2 Å². The molecule has 3 atom stereocenters. The second-order valence-corrected chi connectivity index (χ2v) is 12.6. The number of carbonyl (C=O) groups excluding carboxylic acids is 2. The van der Waals surface area contributed by atoms with Crippen LogP contribution in [0.3, 0.4) is 0 Å². The molecule has 15 heteroatoms. The first-order valence-electron chi connectivity index (χ1n) is 14.9. The van der Waals surface area contributed by atoms with Crippen molar-refractivity contribution in [1.29, 1.82) is 0 Å². The topological polar surface area (TPSA) is 151 Å². The zero-order valence-electron chi connectivity index (χ0n) is 25.7. The van der Waals surface area contributed by atoms with Gasteiger partial charge in [0.1, 0.15) is 35.5 Å². The molecule has 2 aliphatic heterocycles. The maximum Gasteiger partial charge on any atom is 0.424 e. The fourth-order valence-corrected chi connectivity index (χ4v) is 6.16. The fraction of sp³-hybridized carbons (Fsp3) is 0.333. The quantitative estimate of drug-likeness (QED) is 0.206. The van der Waals surface area contributed by atoms with Gasteiger partial charge in [-0.2, -0.15) is 13.2 Å². The van der Waals surface area contributed by atoms with Gasteiger partial charge in [0.05, 0.1) is 28.5 Å². The number of rotatable bonds is 7. The summed E-state index contributed by atoms with van der Waals surface area (Å²) in [7, 11) is 0. The van der Waals surface area contributed by atoms with E-state index in [2.05, 4.69) is 15.3 Å². The molecule has 2 unspecified atom stereocenters. The van der Waals surface area contributed by atoms with Gasteiger partial charge < -0.3 is 30.9 Å². The van der Waals surface area contributed by atoms with E-state index in [1.165, 1.54) is 25.1 Å². The van der Waals surface area contributed by atoms with E-state index in [0.29, 0.717) is 41.7 Å². The molecule has 4 heterocycles. The number of primary amides is 1. The average Bonchev–Trinajstić information content (AvgIpc) is 3.62. The number of hydrogen-bond donors (Lipinski definition) is 4. The number of nitrogens with one attached hydrogen (secondary N) is 1. The maximum atomic E-state index is 14.9. The van der Waals surface area contributed by atoms with Crippen LogP contribution in [0.2, 0.25) is 5.02 Å². The number of aromatic nitrogens is 2. The van der Waals surface area contributed by atoms with Crippen LogP contribution in [-0.2, 0) is 15.8 Å². The standard InChI is InChI=1S/C33H30ClF4N5O5/c1-16-5-6-17-10-19(12-23(26(17)41-16)43-9-3-4-25(43)44)29(45)40-14-32(47,33(36,37)38)24-13-20-28(48-15-31(20,2)30(39)46)27(42-24)18-7-8-22(35)21(34)11-18/h5-8,10-13,25,44,47H,3-4,9,14-15H2,1-2H3,(H2,39,46)(H,40,45)/t25?,31-,32?/m0/s1. The molecule has 0 bridgehead atoms. The van der Waals surface area contributed by atoms with Crippen molar-refractivity contribution in [3.63, 3.8) is 0 Å². The van der Waals surface area contributed by atoms with Gasteiger partial charge in [-0.05, 0) is 69.2 Å². The number of aryl methyl sites for hydroxylation is 1. The summed E-state index contributed by atoms with van der Waals surface area (Å²) in [6, 6.07) is 10.5. The molecule has 4 aromatic rings. The van der Waals surface area contributed by atoms with E-state index in [9.17, 15) is 37.4 Å². The van der Waals surface area contributed by atoms with E-state index < -0.39 is 53.3 Å². The Hall–Kier alpha value is -4.53. The molecule has 5 N–H and O–H groups in total. The molecule has 252 valence electrons. The first-order chi connectivity index (χ1) is 22.5. The highest BCUT2D eigenvalue weighted by Crippen LogP contribution is 2.48. The second-order valence-electron chi connectivity index (χ2n) is 12.2. The molecular formula is C33H30ClF4N5O5. The van der Waals surface area contributed by atoms with Crippen molar-refractivity contribution in [2.24, 2.45) is 5.73 Å². The van der Waals surface area contributed by atoms with Crippen molar-refractivity contribution in [3.05, 3.63) is 81.9 Å². The molecule has 2 aliphatic rings. The number of ether oxygens (including phenoxy) is 1. The van der Waals surface area contributed by atoms with E-state index in [4.69, 9.17) is 22.1 Å². The number of aliphatic hydroxyl groups excluding tert-OH is 1. The first kappa shape index (κ1) is 33.4.